The summed E-state index contributed by atoms with van der Waals surface area (Å²) in [5.74, 6) is 0.201. The van der Waals surface area contributed by atoms with Gasteiger partial charge in [0, 0.05) is 19.5 Å². The molecule has 0 saturated carbocycles. The van der Waals surface area contributed by atoms with Gasteiger partial charge in [-0.05, 0) is 23.1 Å². The van der Waals surface area contributed by atoms with Crippen molar-refractivity contribution < 1.29 is 28.5 Å². The number of nitrogens with zero attached hydrogens (tertiary/aromatic N) is 1. The van der Waals surface area contributed by atoms with Crippen molar-refractivity contribution in [3.05, 3.63) is 108 Å². The van der Waals surface area contributed by atoms with Gasteiger partial charge in [0.1, 0.15) is 5.60 Å². The minimum atomic E-state index is -0.745. The Morgan fingerprint density at radius 1 is 0.511 bits per heavy atom. The normalized spacial score (nSPS) is 11.5. The topological polar surface area (TPSA) is 66.5 Å². The van der Waals surface area contributed by atoms with Crippen molar-refractivity contribution in [2.75, 3.05) is 72.6 Å². The third-order valence-electron chi connectivity index (χ3n) is 8.15. The highest BCUT2D eigenvalue weighted by Crippen LogP contribution is 2.40. The molecule has 7 nitrogen and oxygen atoms in total. The maximum absolute atomic E-state index is 12.3. The third kappa shape index (κ3) is 13.9. The minimum absolute atomic E-state index is 0.201. The SMILES string of the molecule is CCCCCCCCN(CCOCCOCCOCCOCCOC(c1ccccc1)(c1ccccc1)c1ccccc1)C(=O)CC. The van der Waals surface area contributed by atoms with Crippen molar-refractivity contribution in [3.63, 3.8) is 0 Å². The maximum Gasteiger partial charge on any atom is 0.222 e. The third-order valence-corrected chi connectivity index (χ3v) is 8.15. The molecule has 7 heteroatoms. The average molecular weight is 648 g/mol. The average Bonchev–Trinajstić information content (AvgIpc) is 3.13. The molecular formula is C40H57NO6. The van der Waals surface area contributed by atoms with Crippen molar-refractivity contribution >= 4 is 5.91 Å². The Morgan fingerprint density at radius 3 is 1.36 bits per heavy atom. The highest BCUT2D eigenvalue weighted by molar-refractivity contribution is 5.75. The van der Waals surface area contributed by atoms with E-state index in [1.54, 1.807) is 0 Å². The van der Waals surface area contributed by atoms with Gasteiger partial charge in [0.25, 0.3) is 0 Å². The maximum atomic E-state index is 12.3. The molecule has 0 unspecified atom stereocenters. The molecule has 0 saturated heterocycles. The Kier molecular flexibility index (Phi) is 19.7. The Labute approximate surface area is 283 Å². The quantitative estimate of drug-likeness (QED) is 0.0626. The van der Waals surface area contributed by atoms with Gasteiger partial charge < -0.3 is 28.6 Å². The molecule has 0 fully saturated rings. The Balaban J connectivity index is 1.26. The van der Waals surface area contributed by atoms with Crippen LogP contribution in [0.3, 0.4) is 0 Å². The lowest BCUT2D eigenvalue weighted by Crippen LogP contribution is -2.34. The standard InChI is InChI=1S/C40H57NO6/c1-3-5-6-7-8-18-25-41(39(42)4-2)26-27-43-28-29-44-30-31-45-32-33-46-34-35-47-40(36-19-12-9-13-20-36,37-21-14-10-15-22-37)38-23-16-11-17-24-38/h9-17,19-24H,3-8,18,25-35H2,1-2H3. The summed E-state index contributed by atoms with van der Waals surface area (Å²) in [5.41, 5.74) is 2.47. The predicted molar refractivity (Wildman–Crippen MR) is 189 cm³/mol. The zero-order valence-electron chi connectivity index (χ0n) is 28.8. The first kappa shape index (κ1) is 38.4. The lowest BCUT2D eigenvalue weighted by molar-refractivity contribution is -0.131. The summed E-state index contributed by atoms with van der Waals surface area (Å²) in [7, 11) is 0. The predicted octanol–water partition coefficient (Wildman–Crippen LogP) is 7.66. The number of ether oxygens (including phenoxy) is 5. The van der Waals surface area contributed by atoms with Crippen molar-refractivity contribution in [3.8, 4) is 0 Å². The number of amides is 1. The lowest BCUT2D eigenvalue weighted by atomic mass is 9.80. The van der Waals surface area contributed by atoms with E-state index in [9.17, 15) is 4.79 Å². The molecular weight excluding hydrogens is 590 g/mol. The molecule has 3 aromatic carbocycles. The number of rotatable bonds is 27. The first-order valence-electron chi connectivity index (χ1n) is 17.6. The van der Waals surface area contributed by atoms with E-state index in [0.717, 1.165) is 29.7 Å². The summed E-state index contributed by atoms with van der Waals surface area (Å²) in [5, 5.41) is 0. The van der Waals surface area contributed by atoms with Crippen LogP contribution in [0.2, 0.25) is 0 Å². The number of unbranched alkanes of at least 4 members (excludes halogenated alkanes) is 5. The van der Waals surface area contributed by atoms with Crippen LogP contribution in [-0.4, -0.2) is 83.4 Å². The second-order valence-corrected chi connectivity index (χ2v) is 11.6. The molecule has 0 aliphatic carbocycles. The van der Waals surface area contributed by atoms with Crippen LogP contribution in [0.1, 0.15) is 75.5 Å². The number of carbonyl (C=O) groups excluding carboxylic acids is 1. The fraction of sp³-hybridized carbons (Fsp3) is 0.525. The Bertz CT molecular complexity index is 1080. The second kappa shape index (κ2) is 24.1. The molecule has 0 heterocycles. The summed E-state index contributed by atoms with van der Waals surface area (Å²) in [6, 6.07) is 31.1. The van der Waals surface area contributed by atoms with E-state index in [2.05, 4.69) is 43.3 Å². The molecule has 0 atom stereocenters. The molecule has 3 aromatic rings. The summed E-state index contributed by atoms with van der Waals surface area (Å²) >= 11 is 0. The van der Waals surface area contributed by atoms with Gasteiger partial charge in [0.05, 0.1) is 59.5 Å². The molecule has 0 aliphatic rings. The van der Waals surface area contributed by atoms with Crippen LogP contribution in [0.25, 0.3) is 0 Å². The summed E-state index contributed by atoms with van der Waals surface area (Å²) in [6.07, 6.45) is 7.88. The minimum Gasteiger partial charge on any atom is -0.377 e. The van der Waals surface area contributed by atoms with Crippen LogP contribution in [-0.2, 0) is 34.1 Å². The molecule has 3 rings (SSSR count). The first-order chi connectivity index (χ1) is 23.2. The van der Waals surface area contributed by atoms with Crippen molar-refractivity contribution in [2.24, 2.45) is 0 Å². The van der Waals surface area contributed by atoms with Gasteiger partial charge >= 0.3 is 0 Å². The van der Waals surface area contributed by atoms with E-state index in [0.29, 0.717) is 72.4 Å². The zero-order valence-corrected chi connectivity index (χ0v) is 28.8. The van der Waals surface area contributed by atoms with Gasteiger partial charge in [0.2, 0.25) is 5.91 Å². The number of hydrogen-bond acceptors (Lipinski definition) is 6. The van der Waals surface area contributed by atoms with Gasteiger partial charge in [-0.15, -0.1) is 0 Å². The fourth-order valence-corrected chi connectivity index (χ4v) is 5.63. The number of carbonyl (C=O) groups is 1. The first-order valence-corrected chi connectivity index (χ1v) is 17.6. The van der Waals surface area contributed by atoms with Crippen molar-refractivity contribution in [1.29, 1.82) is 0 Å². The van der Waals surface area contributed by atoms with E-state index in [4.69, 9.17) is 23.7 Å². The van der Waals surface area contributed by atoms with E-state index in [-0.39, 0.29) is 5.91 Å². The van der Waals surface area contributed by atoms with E-state index < -0.39 is 5.60 Å². The largest absolute Gasteiger partial charge is 0.377 e. The smallest absolute Gasteiger partial charge is 0.222 e. The fourth-order valence-electron chi connectivity index (χ4n) is 5.63. The molecule has 0 aromatic heterocycles. The summed E-state index contributed by atoms with van der Waals surface area (Å²) in [6.45, 7) is 9.98. The lowest BCUT2D eigenvalue weighted by Gasteiger charge is -2.36. The monoisotopic (exact) mass is 647 g/mol. The molecule has 1 amide bonds. The summed E-state index contributed by atoms with van der Waals surface area (Å²) < 4.78 is 29.6. The van der Waals surface area contributed by atoms with Crippen LogP contribution < -0.4 is 0 Å². The van der Waals surface area contributed by atoms with Crippen LogP contribution in [0, 0.1) is 0 Å². The van der Waals surface area contributed by atoms with Gasteiger partial charge in [-0.2, -0.15) is 0 Å². The molecule has 0 radical (unpaired) electrons. The van der Waals surface area contributed by atoms with Crippen molar-refractivity contribution in [1.82, 2.24) is 4.90 Å². The van der Waals surface area contributed by atoms with Crippen molar-refractivity contribution in [2.45, 2.75) is 64.4 Å². The highest BCUT2D eigenvalue weighted by Gasteiger charge is 2.37. The molecule has 0 bridgehead atoms. The molecule has 258 valence electrons. The van der Waals surface area contributed by atoms with Crippen LogP contribution in [0.15, 0.2) is 91.0 Å². The summed E-state index contributed by atoms with van der Waals surface area (Å²) in [4.78, 5) is 14.2. The Hall–Kier alpha value is -3.07. The van der Waals surface area contributed by atoms with E-state index in [1.807, 2.05) is 66.4 Å². The molecule has 0 N–H and O–H groups in total. The highest BCUT2D eigenvalue weighted by atomic mass is 16.6. The zero-order chi connectivity index (χ0) is 33.3. The Morgan fingerprint density at radius 2 is 0.915 bits per heavy atom. The van der Waals surface area contributed by atoms with E-state index >= 15 is 0 Å². The molecule has 47 heavy (non-hydrogen) atoms. The number of hydrogen-bond donors (Lipinski definition) is 0. The molecule has 0 spiro atoms. The van der Waals surface area contributed by atoms with Crippen LogP contribution >= 0.6 is 0 Å². The van der Waals surface area contributed by atoms with Crippen LogP contribution in [0.5, 0.6) is 0 Å². The van der Waals surface area contributed by atoms with Gasteiger partial charge in [-0.3, -0.25) is 4.79 Å². The van der Waals surface area contributed by atoms with Gasteiger partial charge in [-0.1, -0.05) is 137 Å². The molecule has 0 aliphatic heterocycles. The van der Waals surface area contributed by atoms with Gasteiger partial charge in [-0.25, -0.2) is 0 Å². The van der Waals surface area contributed by atoms with Crippen LogP contribution in [0.4, 0.5) is 0 Å². The number of benzene rings is 3. The van der Waals surface area contributed by atoms with Gasteiger partial charge in [0.15, 0.2) is 0 Å². The second-order valence-electron chi connectivity index (χ2n) is 11.6. The van der Waals surface area contributed by atoms with E-state index in [1.165, 1.54) is 32.1 Å².